The van der Waals surface area contributed by atoms with Crippen molar-refractivity contribution < 1.29 is 9.32 Å². The molecule has 2 aromatic heterocycles. The van der Waals surface area contributed by atoms with Crippen molar-refractivity contribution in [1.82, 2.24) is 19.9 Å². The van der Waals surface area contributed by atoms with Crippen LogP contribution < -0.4 is 0 Å². The van der Waals surface area contributed by atoms with Crippen molar-refractivity contribution in [3.05, 3.63) is 64.2 Å². The van der Waals surface area contributed by atoms with Gasteiger partial charge in [0.1, 0.15) is 0 Å². The lowest BCUT2D eigenvalue weighted by Crippen LogP contribution is -2.47. The molecule has 144 valence electrons. The summed E-state index contributed by atoms with van der Waals surface area (Å²) in [5.41, 5.74) is 2.11. The summed E-state index contributed by atoms with van der Waals surface area (Å²) >= 11 is 1.63. The fourth-order valence-electron chi connectivity index (χ4n) is 3.21. The molecule has 6 nitrogen and oxygen atoms in total. The third-order valence-electron chi connectivity index (χ3n) is 4.83. The summed E-state index contributed by atoms with van der Waals surface area (Å²) in [6.07, 6.45) is 3.54. The van der Waals surface area contributed by atoms with E-state index in [4.69, 9.17) is 4.52 Å². The van der Waals surface area contributed by atoms with Gasteiger partial charge < -0.3 is 9.42 Å². The Morgan fingerprint density at radius 1 is 1.18 bits per heavy atom. The van der Waals surface area contributed by atoms with Crippen molar-refractivity contribution in [1.29, 1.82) is 0 Å². The average molecular weight is 395 g/mol. The first kappa shape index (κ1) is 18.6. The molecule has 1 aliphatic rings. The second kappa shape index (κ2) is 8.50. The molecule has 0 bridgehead atoms. The first-order chi connectivity index (χ1) is 13.7. The smallest absolute Gasteiger partial charge is 0.246 e. The van der Waals surface area contributed by atoms with Crippen molar-refractivity contribution in [2.45, 2.75) is 13.5 Å². The normalized spacial score (nSPS) is 15.4. The van der Waals surface area contributed by atoms with Crippen LogP contribution in [0.25, 0.3) is 17.5 Å². The molecule has 0 unspecified atom stereocenters. The molecule has 4 rings (SSSR count). The largest absolute Gasteiger partial charge is 0.338 e. The Labute approximate surface area is 168 Å². The van der Waals surface area contributed by atoms with Crippen LogP contribution in [-0.4, -0.2) is 52.0 Å². The number of rotatable bonds is 5. The minimum absolute atomic E-state index is 0.0627. The molecule has 7 heteroatoms. The van der Waals surface area contributed by atoms with Gasteiger partial charge in [-0.2, -0.15) is 4.98 Å². The molecule has 1 fully saturated rings. The van der Waals surface area contributed by atoms with Gasteiger partial charge in [-0.25, -0.2) is 0 Å². The average Bonchev–Trinajstić information content (AvgIpc) is 3.39. The summed E-state index contributed by atoms with van der Waals surface area (Å²) in [7, 11) is 0. The van der Waals surface area contributed by atoms with E-state index < -0.39 is 0 Å². The highest BCUT2D eigenvalue weighted by molar-refractivity contribution is 7.10. The molecular weight excluding hydrogens is 372 g/mol. The van der Waals surface area contributed by atoms with Gasteiger partial charge >= 0.3 is 0 Å². The van der Waals surface area contributed by atoms with Gasteiger partial charge in [0.15, 0.2) is 0 Å². The van der Waals surface area contributed by atoms with E-state index in [1.807, 2.05) is 59.7 Å². The maximum atomic E-state index is 12.3. The van der Waals surface area contributed by atoms with E-state index in [0.29, 0.717) is 31.3 Å². The van der Waals surface area contributed by atoms with Gasteiger partial charge in [-0.05, 0) is 30.0 Å². The molecular formula is C21H22N4O2S. The number of carbonyl (C=O) groups is 1. The first-order valence-electron chi connectivity index (χ1n) is 9.30. The van der Waals surface area contributed by atoms with E-state index in [0.717, 1.165) is 29.1 Å². The fourth-order valence-corrected chi connectivity index (χ4v) is 3.83. The van der Waals surface area contributed by atoms with Crippen LogP contribution in [0.1, 0.15) is 16.3 Å². The Hall–Kier alpha value is -2.77. The quantitative estimate of drug-likeness (QED) is 0.620. The molecule has 1 aromatic carbocycles. The molecule has 1 amide bonds. The van der Waals surface area contributed by atoms with Crippen molar-refractivity contribution in [3.8, 4) is 11.4 Å². The van der Waals surface area contributed by atoms with Crippen LogP contribution in [0, 0.1) is 6.92 Å². The third-order valence-corrected chi connectivity index (χ3v) is 5.67. The lowest BCUT2D eigenvalue weighted by Gasteiger charge is -2.33. The lowest BCUT2D eigenvalue weighted by atomic mass is 10.1. The Morgan fingerprint density at radius 3 is 2.75 bits per heavy atom. The van der Waals surface area contributed by atoms with Gasteiger partial charge in [-0.1, -0.05) is 35.5 Å². The zero-order chi connectivity index (χ0) is 19.3. The molecule has 0 saturated carbocycles. The molecule has 0 atom stereocenters. The molecule has 3 aromatic rings. The van der Waals surface area contributed by atoms with Crippen LogP contribution in [-0.2, 0) is 11.3 Å². The number of hydrogen-bond acceptors (Lipinski definition) is 6. The second-order valence-electron chi connectivity index (χ2n) is 6.78. The maximum Gasteiger partial charge on any atom is 0.246 e. The standard InChI is InChI=1S/C21H22N4O2S/c1-16-5-2-3-7-18(16)21-22-19(27-23-21)15-24-10-12-25(13-11-24)20(26)9-8-17-6-4-14-28-17/h2-9,14H,10-13,15H2,1H3/b9-8+. The number of hydrogen-bond donors (Lipinski definition) is 0. The predicted molar refractivity (Wildman–Crippen MR) is 110 cm³/mol. The van der Waals surface area contributed by atoms with Gasteiger partial charge in [0, 0.05) is 42.7 Å². The van der Waals surface area contributed by atoms with Crippen LogP contribution in [0.15, 0.2) is 52.4 Å². The number of thiophene rings is 1. The number of aromatic nitrogens is 2. The highest BCUT2D eigenvalue weighted by Crippen LogP contribution is 2.20. The highest BCUT2D eigenvalue weighted by atomic mass is 32.1. The predicted octanol–water partition coefficient (Wildman–Crippen LogP) is 3.46. The Kier molecular flexibility index (Phi) is 5.64. The Bertz CT molecular complexity index is 956. The van der Waals surface area contributed by atoms with E-state index in [1.165, 1.54) is 0 Å². The number of aryl methyl sites for hydroxylation is 1. The Balaban J connectivity index is 1.30. The SMILES string of the molecule is Cc1ccccc1-c1noc(CN2CCN(C(=O)/C=C/c3cccs3)CC2)n1. The number of benzene rings is 1. The fraction of sp³-hybridized carbons (Fsp3) is 0.286. The monoisotopic (exact) mass is 394 g/mol. The number of piperazine rings is 1. The number of nitrogens with zero attached hydrogens (tertiary/aromatic N) is 4. The molecule has 0 aliphatic carbocycles. The van der Waals surface area contributed by atoms with E-state index in [9.17, 15) is 4.79 Å². The van der Waals surface area contributed by atoms with Crippen molar-refractivity contribution in [3.63, 3.8) is 0 Å². The Morgan fingerprint density at radius 2 is 2.00 bits per heavy atom. The molecule has 28 heavy (non-hydrogen) atoms. The second-order valence-corrected chi connectivity index (χ2v) is 7.76. The number of carbonyl (C=O) groups excluding carboxylic acids is 1. The summed E-state index contributed by atoms with van der Waals surface area (Å²) in [5.74, 6) is 1.30. The number of amides is 1. The third kappa shape index (κ3) is 4.37. The van der Waals surface area contributed by atoms with E-state index in [2.05, 4.69) is 15.0 Å². The molecule has 3 heterocycles. The summed E-state index contributed by atoms with van der Waals surface area (Å²) in [5, 5.41) is 6.12. The molecule has 0 spiro atoms. The highest BCUT2D eigenvalue weighted by Gasteiger charge is 2.21. The van der Waals surface area contributed by atoms with E-state index in [1.54, 1.807) is 17.4 Å². The van der Waals surface area contributed by atoms with Crippen LogP contribution in [0.4, 0.5) is 0 Å². The molecule has 1 aliphatic heterocycles. The minimum Gasteiger partial charge on any atom is -0.338 e. The van der Waals surface area contributed by atoms with Gasteiger partial charge in [-0.3, -0.25) is 9.69 Å². The van der Waals surface area contributed by atoms with Gasteiger partial charge in [-0.15, -0.1) is 11.3 Å². The van der Waals surface area contributed by atoms with Crippen molar-refractivity contribution in [2.75, 3.05) is 26.2 Å². The topological polar surface area (TPSA) is 62.5 Å². The van der Waals surface area contributed by atoms with Crippen LogP contribution in [0.2, 0.25) is 0 Å². The minimum atomic E-state index is 0.0627. The zero-order valence-electron chi connectivity index (χ0n) is 15.7. The van der Waals surface area contributed by atoms with Crippen LogP contribution >= 0.6 is 11.3 Å². The lowest BCUT2D eigenvalue weighted by molar-refractivity contribution is -0.127. The van der Waals surface area contributed by atoms with Gasteiger partial charge in [0.25, 0.3) is 0 Å². The first-order valence-corrected chi connectivity index (χ1v) is 10.2. The van der Waals surface area contributed by atoms with Crippen LogP contribution in [0.3, 0.4) is 0 Å². The van der Waals surface area contributed by atoms with Crippen molar-refractivity contribution >= 4 is 23.3 Å². The summed E-state index contributed by atoms with van der Waals surface area (Å²) in [6.45, 7) is 5.63. The maximum absolute atomic E-state index is 12.3. The van der Waals surface area contributed by atoms with Gasteiger partial charge in [0.2, 0.25) is 17.6 Å². The van der Waals surface area contributed by atoms with Crippen LogP contribution in [0.5, 0.6) is 0 Å². The summed E-state index contributed by atoms with van der Waals surface area (Å²) < 4.78 is 5.44. The van der Waals surface area contributed by atoms with Gasteiger partial charge in [0.05, 0.1) is 6.54 Å². The molecule has 0 radical (unpaired) electrons. The molecule has 1 saturated heterocycles. The molecule has 0 N–H and O–H groups in total. The van der Waals surface area contributed by atoms with E-state index in [-0.39, 0.29) is 5.91 Å². The summed E-state index contributed by atoms with van der Waals surface area (Å²) in [6, 6.07) is 12.0. The van der Waals surface area contributed by atoms with Crippen molar-refractivity contribution in [2.24, 2.45) is 0 Å². The zero-order valence-corrected chi connectivity index (χ0v) is 16.6. The van der Waals surface area contributed by atoms with E-state index >= 15 is 0 Å². The summed E-state index contributed by atoms with van der Waals surface area (Å²) in [4.78, 5) is 22.1.